The van der Waals surface area contributed by atoms with Crippen LogP contribution in [0.5, 0.6) is 11.5 Å². The van der Waals surface area contributed by atoms with E-state index in [1.54, 1.807) is 0 Å². The van der Waals surface area contributed by atoms with Crippen LogP contribution in [0.1, 0.15) is 64.5 Å². The number of allylic oxidation sites excluding steroid dienone is 1. The number of carbonyl (C=O) groups excluding carboxylic acids is 1. The number of benzene rings is 1. The highest BCUT2D eigenvalue weighted by atomic mass is 16.7. The van der Waals surface area contributed by atoms with Crippen molar-refractivity contribution in [1.29, 1.82) is 0 Å². The molecule has 2 fully saturated rings. The van der Waals surface area contributed by atoms with Gasteiger partial charge in [-0.15, -0.1) is 0 Å². The Kier molecular flexibility index (Phi) is 5.82. The summed E-state index contributed by atoms with van der Waals surface area (Å²) in [7, 11) is 0. The fourth-order valence-electron chi connectivity index (χ4n) is 6.30. The molecule has 5 rings (SSSR count). The number of nitrogens with one attached hydrogen (secondary N) is 1. The van der Waals surface area contributed by atoms with Crippen molar-refractivity contribution < 1.29 is 23.7 Å². The number of ether oxygens (including phenoxy) is 4. The van der Waals surface area contributed by atoms with Crippen LogP contribution in [0.2, 0.25) is 0 Å². The summed E-state index contributed by atoms with van der Waals surface area (Å²) in [5.41, 5.74) is 2.23. The minimum atomic E-state index is -0.286. The zero-order chi connectivity index (χ0) is 22.3. The van der Waals surface area contributed by atoms with Gasteiger partial charge in [0.2, 0.25) is 6.79 Å². The summed E-state index contributed by atoms with van der Waals surface area (Å²) in [4.78, 5) is 12.6. The van der Waals surface area contributed by atoms with Crippen LogP contribution in [-0.4, -0.2) is 32.1 Å². The molecule has 1 saturated heterocycles. The molecule has 0 unspecified atom stereocenters. The van der Waals surface area contributed by atoms with Gasteiger partial charge >= 0.3 is 6.09 Å². The molecule has 1 aromatic carbocycles. The van der Waals surface area contributed by atoms with Crippen LogP contribution in [0.25, 0.3) is 0 Å². The van der Waals surface area contributed by atoms with E-state index in [-0.39, 0.29) is 42.3 Å². The number of fused-ring (bicyclic) bond motifs is 3. The predicted molar refractivity (Wildman–Crippen MR) is 121 cm³/mol. The van der Waals surface area contributed by atoms with E-state index in [1.165, 1.54) is 24.8 Å². The molecule has 5 atom stereocenters. The third kappa shape index (κ3) is 3.76. The monoisotopic (exact) mass is 441 g/mol. The lowest BCUT2D eigenvalue weighted by Gasteiger charge is -2.55. The molecule has 4 aliphatic rings. The zero-order valence-electron chi connectivity index (χ0n) is 19.4. The van der Waals surface area contributed by atoms with Crippen molar-refractivity contribution in [2.24, 2.45) is 23.2 Å². The molecular formula is C26H35NO5. The molecule has 6 nitrogen and oxygen atoms in total. The topological polar surface area (TPSA) is 66.0 Å². The van der Waals surface area contributed by atoms with Gasteiger partial charge in [0.05, 0.1) is 12.7 Å². The molecule has 2 bridgehead atoms. The van der Waals surface area contributed by atoms with Gasteiger partial charge < -0.3 is 24.3 Å². The largest absolute Gasteiger partial charge is 0.454 e. The minimum absolute atomic E-state index is 0.0487. The average molecular weight is 442 g/mol. The molecule has 2 aliphatic carbocycles. The van der Waals surface area contributed by atoms with Crippen LogP contribution < -0.4 is 14.8 Å². The zero-order valence-corrected chi connectivity index (χ0v) is 19.4. The molecule has 2 aliphatic heterocycles. The Labute approximate surface area is 190 Å². The maximum absolute atomic E-state index is 12.6. The first kappa shape index (κ1) is 21.6. The Morgan fingerprint density at radius 3 is 2.75 bits per heavy atom. The summed E-state index contributed by atoms with van der Waals surface area (Å²) >= 11 is 0. The molecule has 1 amide bonds. The van der Waals surface area contributed by atoms with Crippen molar-refractivity contribution in [1.82, 2.24) is 5.32 Å². The summed E-state index contributed by atoms with van der Waals surface area (Å²) in [6.07, 6.45) is 7.76. The van der Waals surface area contributed by atoms with E-state index in [1.807, 2.05) is 12.1 Å². The first-order valence-corrected chi connectivity index (χ1v) is 12.1. The second kappa shape index (κ2) is 8.62. The molecule has 174 valence electrons. The standard InChI is InChI=1S/C26H35NO5/c1-16-11-17(2)26(14-30-25(28)27-20-7-5-4-6-8-20)13-29-24(23(16)18(26)3)19-9-10-21-22(12-19)32-15-31-21/h9-12,17-18,20,23-24H,4-8,13-15H2,1-3H3,(H,27,28)/t17-,18-,23-,24-,26-/m1/s1. The van der Waals surface area contributed by atoms with Crippen molar-refractivity contribution in [3.63, 3.8) is 0 Å². The van der Waals surface area contributed by atoms with Crippen LogP contribution >= 0.6 is 0 Å². The molecule has 6 heteroatoms. The molecule has 0 radical (unpaired) electrons. The number of amides is 1. The van der Waals surface area contributed by atoms with E-state index >= 15 is 0 Å². The fourth-order valence-corrected chi connectivity index (χ4v) is 6.30. The van der Waals surface area contributed by atoms with Gasteiger partial charge in [-0.25, -0.2) is 4.79 Å². The summed E-state index contributed by atoms with van der Waals surface area (Å²) in [5, 5.41) is 3.08. The lowest BCUT2D eigenvalue weighted by Crippen LogP contribution is -2.55. The molecule has 0 aromatic heterocycles. The van der Waals surface area contributed by atoms with E-state index in [9.17, 15) is 4.79 Å². The van der Waals surface area contributed by atoms with Crippen molar-refractivity contribution in [3.8, 4) is 11.5 Å². The fraction of sp³-hybridized carbons (Fsp3) is 0.654. The Morgan fingerprint density at radius 1 is 1.16 bits per heavy atom. The van der Waals surface area contributed by atoms with Gasteiger partial charge in [-0.2, -0.15) is 0 Å². The normalized spacial score (nSPS) is 34.0. The summed E-state index contributed by atoms with van der Waals surface area (Å²) < 4.78 is 23.5. The van der Waals surface area contributed by atoms with Crippen molar-refractivity contribution in [3.05, 3.63) is 35.4 Å². The SMILES string of the molecule is CC1=C[C@@H](C)[C@]2(COC(=O)NC3CCCCC3)CO[C@H](c3ccc4c(c3)OCO4)[C@H]1[C@H]2C. The second-order valence-electron chi connectivity index (χ2n) is 10.1. The molecule has 2 heterocycles. The first-order chi connectivity index (χ1) is 15.5. The third-order valence-electron chi connectivity index (χ3n) is 8.37. The number of hydrogen-bond donors (Lipinski definition) is 1. The van der Waals surface area contributed by atoms with Gasteiger partial charge in [0, 0.05) is 17.4 Å². The lowest BCUT2D eigenvalue weighted by molar-refractivity contribution is -0.165. The van der Waals surface area contributed by atoms with Gasteiger partial charge in [-0.1, -0.05) is 50.8 Å². The highest BCUT2D eigenvalue weighted by molar-refractivity contribution is 5.67. The van der Waals surface area contributed by atoms with Gasteiger partial charge in [0.1, 0.15) is 6.61 Å². The van der Waals surface area contributed by atoms with E-state index in [0.29, 0.717) is 19.1 Å². The molecule has 32 heavy (non-hydrogen) atoms. The highest BCUT2D eigenvalue weighted by Crippen LogP contribution is 2.56. The summed E-state index contributed by atoms with van der Waals surface area (Å²) in [5.74, 6) is 2.38. The van der Waals surface area contributed by atoms with Crippen LogP contribution in [-0.2, 0) is 9.47 Å². The first-order valence-electron chi connectivity index (χ1n) is 12.1. The van der Waals surface area contributed by atoms with Gasteiger partial charge in [0.15, 0.2) is 11.5 Å². The highest BCUT2D eigenvalue weighted by Gasteiger charge is 2.54. The Bertz CT molecular complexity index is 892. The van der Waals surface area contributed by atoms with E-state index < -0.39 is 0 Å². The number of rotatable bonds is 4. The van der Waals surface area contributed by atoms with Gasteiger partial charge in [0.25, 0.3) is 0 Å². The minimum Gasteiger partial charge on any atom is -0.454 e. The maximum atomic E-state index is 12.6. The van der Waals surface area contributed by atoms with Crippen molar-refractivity contribution >= 4 is 6.09 Å². The summed E-state index contributed by atoms with van der Waals surface area (Å²) in [6.45, 7) is 7.93. The molecule has 1 N–H and O–H groups in total. The van der Waals surface area contributed by atoms with Gasteiger partial charge in [-0.05, 0) is 49.3 Å². The molecule has 1 saturated carbocycles. The third-order valence-corrected chi connectivity index (χ3v) is 8.37. The number of hydrogen-bond acceptors (Lipinski definition) is 5. The quantitative estimate of drug-likeness (QED) is 0.636. The summed E-state index contributed by atoms with van der Waals surface area (Å²) in [6, 6.07) is 6.35. The predicted octanol–water partition coefficient (Wildman–Crippen LogP) is 5.38. The van der Waals surface area contributed by atoms with Crippen LogP contribution in [0.15, 0.2) is 29.8 Å². The van der Waals surface area contributed by atoms with Crippen LogP contribution in [0.4, 0.5) is 4.79 Å². The Morgan fingerprint density at radius 2 is 1.94 bits per heavy atom. The lowest BCUT2D eigenvalue weighted by atomic mass is 9.56. The van der Waals surface area contributed by atoms with Crippen molar-refractivity contribution in [2.75, 3.05) is 20.0 Å². The van der Waals surface area contributed by atoms with Crippen LogP contribution in [0.3, 0.4) is 0 Å². The van der Waals surface area contributed by atoms with E-state index in [2.05, 4.69) is 38.2 Å². The Balaban J connectivity index is 1.32. The van der Waals surface area contributed by atoms with E-state index in [0.717, 1.165) is 29.9 Å². The smallest absolute Gasteiger partial charge is 0.407 e. The number of carbonyl (C=O) groups is 1. The maximum Gasteiger partial charge on any atom is 0.407 e. The average Bonchev–Trinajstić information content (AvgIpc) is 3.25. The molecule has 1 aromatic rings. The molecular weight excluding hydrogens is 406 g/mol. The Hall–Kier alpha value is -2.21. The van der Waals surface area contributed by atoms with Crippen molar-refractivity contribution in [2.45, 2.75) is 65.0 Å². The number of alkyl carbamates (subject to hydrolysis) is 1. The molecule has 0 spiro atoms. The van der Waals surface area contributed by atoms with Gasteiger partial charge in [-0.3, -0.25) is 0 Å². The van der Waals surface area contributed by atoms with E-state index in [4.69, 9.17) is 18.9 Å². The van der Waals surface area contributed by atoms with Crippen LogP contribution in [0, 0.1) is 23.2 Å². The second-order valence-corrected chi connectivity index (χ2v) is 10.1.